The lowest BCUT2D eigenvalue weighted by Gasteiger charge is -2.18. The monoisotopic (exact) mass is 263 g/mol. The summed E-state index contributed by atoms with van der Waals surface area (Å²) in [5, 5.41) is 28.3. The predicted octanol–water partition coefficient (Wildman–Crippen LogP) is 1.27. The van der Waals surface area contributed by atoms with Crippen molar-refractivity contribution >= 4 is 23.8 Å². The molecule has 0 unspecified atom stereocenters. The van der Waals surface area contributed by atoms with Gasteiger partial charge in [0, 0.05) is 12.1 Å². The second kappa shape index (κ2) is 5.36. The van der Waals surface area contributed by atoms with Crippen molar-refractivity contribution in [2.24, 2.45) is 0 Å². The zero-order valence-electron chi connectivity index (χ0n) is 8.15. The van der Waals surface area contributed by atoms with Gasteiger partial charge in [0.2, 0.25) is 0 Å². The summed E-state index contributed by atoms with van der Waals surface area (Å²) in [5.74, 6) is 0.303. The highest BCUT2D eigenvalue weighted by atomic mass is 32.4. The largest absolute Gasteiger partial charge is 0.462 e. The van der Waals surface area contributed by atoms with Gasteiger partial charge >= 0.3 is 0 Å². The van der Waals surface area contributed by atoms with Crippen molar-refractivity contribution in [3.8, 4) is 5.75 Å². The van der Waals surface area contributed by atoms with E-state index in [1.165, 1.54) is 24.3 Å². The van der Waals surface area contributed by atoms with E-state index in [1.54, 1.807) is 0 Å². The van der Waals surface area contributed by atoms with Crippen molar-refractivity contribution in [3.63, 3.8) is 0 Å². The van der Waals surface area contributed by atoms with E-state index < -0.39 is 23.9 Å². The minimum absolute atomic E-state index is 0.0614. The second-order valence-electron chi connectivity index (χ2n) is 2.94. The van der Waals surface area contributed by atoms with Crippen LogP contribution >= 0.6 is 6.26 Å². The summed E-state index contributed by atoms with van der Waals surface area (Å²) in [6.45, 7) is 0. The highest BCUT2D eigenvalue weighted by molar-refractivity contribution is 8.12. The van der Waals surface area contributed by atoms with Gasteiger partial charge in [0.25, 0.3) is 5.69 Å². The van der Waals surface area contributed by atoms with E-state index in [1.807, 2.05) is 0 Å². The topological polar surface area (TPSA) is 92.8 Å². The molecule has 6 nitrogen and oxygen atoms in total. The molecular formula is C8H10NO5PS. The van der Waals surface area contributed by atoms with E-state index in [9.17, 15) is 10.1 Å². The third-order valence-corrected chi connectivity index (χ3v) is 4.07. The van der Waals surface area contributed by atoms with Crippen LogP contribution in [0.25, 0.3) is 0 Å². The predicted molar refractivity (Wildman–Crippen MR) is 62.2 cm³/mol. The maximum absolute atomic E-state index is 10.4. The molecule has 88 valence electrons. The molecule has 0 spiro atoms. The van der Waals surface area contributed by atoms with Crippen LogP contribution in [0.2, 0.25) is 0 Å². The summed E-state index contributed by atoms with van der Waals surface area (Å²) < 4.78 is 5.24. The Bertz CT molecular complexity index is 413. The molecule has 1 rings (SSSR count). The van der Waals surface area contributed by atoms with Crippen LogP contribution in [0.4, 0.5) is 5.69 Å². The molecule has 0 radical (unpaired) electrons. The SMILES string of the molecule is O=[N+]([O-])c1ccc(OP(=S)(CO)CO)cc1. The van der Waals surface area contributed by atoms with E-state index in [0.29, 0.717) is 5.75 Å². The van der Waals surface area contributed by atoms with Crippen LogP contribution in [0.5, 0.6) is 5.75 Å². The standard InChI is InChI=1S/C8H10NO5PS/c10-5-15(16,6-11)14-8-3-1-7(2-4-8)9(12)13/h1-4,10-11H,5-6H2. The fourth-order valence-corrected chi connectivity index (χ4v) is 1.89. The van der Waals surface area contributed by atoms with E-state index in [0.717, 1.165) is 0 Å². The molecule has 0 fully saturated rings. The number of nitro benzene ring substituents is 1. The van der Waals surface area contributed by atoms with Gasteiger partial charge in [-0.25, -0.2) is 0 Å². The zero-order valence-corrected chi connectivity index (χ0v) is 9.86. The number of rotatable bonds is 5. The van der Waals surface area contributed by atoms with Crippen LogP contribution in [0.15, 0.2) is 24.3 Å². The highest BCUT2D eigenvalue weighted by Crippen LogP contribution is 2.45. The zero-order chi connectivity index (χ0) is 12.2. The lowest BCUT2D eigenvalue weighted by molar-refractivity contribution is -0.384. The fraction of sp³-hybridized carbons (Fsp3) is 0.250. The summed E-state index contributed by atoms with van der Waals surface area (Å²) in [6.07, 6.45) is -3.51. The van der Waals surface area contributed by atoms with Crippen LogP contribution in [0.1, 0.15) is 0 Å². The minimum Gasteiger partial charge on any atom is -0.462 e. The number of non-ortho nitro benzene ring substituents is 1. The molecule has 0 saturated heterocycles. The minimum atomic E-state index is -2.67. The second-order valence-corrected chi connectivity index (χ2v) is 7.31. The van der Waals surface area contributed by atoms with Crippen molar-refractivity contribution in [2.75, 3.05) is 12.7 Å². The van der Waals surface area contributed by atoms with Crippen molar-refractivity contribution in [3.05, 3.63) is 34.4 Å². The van der Waals surface area contributed by atoms with E-state index in [2.05, 4.69) is 0 Å². The molecule has 0 aliphatic heterocycles. The highest BCUT2D eigenvalue weighted by Gasteiger charge is 2.17. The van der Waals surface area contributed by atoms with Gasteiger partial charge in [-0.2, -0.15) is 0 Å². The molecule has 0 aliphatic carbocycles. The summed E-state index contributed by atoms with van der Waals surface area (Å²) in [4.78, 5) is 9.85. The van der Waals surface area contributed by atoms with Gasteiger partial charge in [0.15, 0.2) is 6.26 Å². The normalized spacial score (nSPS) is 11.1. The van der Waals surface area contributed by atoms with Crippen LogP contribution in [-0.2, 0) is 11.8 Å². The lowest BCUT2D eigenvalue weighted by Crippen LogP contribution is -2.01. The Morgan fingerprint density at radius 2 is 1.81 bits per heavy atom. The number of aliphatic hydroxyl groups is 2. The maximum atomic E-state index is 10.4. The fourth-order valence-electron chi connectivity index (χ4n) is 0.923. The summed E-state index contributed by atoms with van der Waals surface area (Å²) in [5.41, 5.74) is -0.0614. The Hall–Kier alpha value is -1.01. The molecule has 0 amide bonds. The smallest absolute Gasteiger partial charge is 0.269 e. The van der Waals surface area contributed by atoms with Crippen molar-refractivity contribution in [1.29, 1.82) is 0 Å². The Labute approximate surface area is 96.7 Å². The molecule has 0 heterocycles. The molecule has 1 aromatic carbocycles. The van der Waals surface area contributed by atoms with Crippen LogP contribution in [-0.4, -0.2) is 27.8 Å². The summed E-state index contributed by atoms with van der Waals surface area (Å²) in [6, 6.07) is 5.29. The van der Waals surface area contributed by atoms with E-state index in [4.69, 9.17) is 26.5 Å². The number of nitro groups is 1. The number of hydrogen-bond acceptors (Lipinski definition) is 6. The first-order valence-corrected chi connectivity index (χ1v) is 7.33. The molecule has 0 aromatic heterocycles. The molecule has 1 aromatic rings. The first-order chi connectivity index (χ1) is 7.50. The van der Waals surface area contributed by atoms with Crippen LogP contribution in [0.3, 0.4) is 0 Å². The maximum Gasteiger partial charge on any atom is 0.269 e. The van der Waals surface area contributed by atoms with E-state index >= 15 is 0 Å². The molecule has 0 saturated carbocycles. The molecule has 0 atom stereocenters. The van der Waals surface area contributed by atoms with Gasteiger partial charge in [-0.15, -0.1) is 0 Å². The first-order valence-electron chi connectivity index (χ1n) is 4.24. The molecule has 2 N–H and O–H groups in total. The third kappa shape index (κ3) is 3.24. The molecule has 8 heteroatoms. The molecule has 0 aliphatic rings. The Morgan fingerprint density at radius 1 is 1.31 bits per heavy atom. The number of nitrogens with zero attached hydrogens (tertiary/aromatic N) is 1. The lowest BCUT2D eigenvalue weighted by atomic mass is 10.3. The van der Waals surface area contributed by atoms with Crippen molar-refractivity contribution < 1.29 is 19.7 Å². The number of benzene rings is 1. The summed E-state index contributed by atoms with van der Waals surface area (Å²) >= 11 is 4.93. The van der Waals surface area contributed by atoms with Gasteiger partial charge in [0.05, 0.1) is 4.92 Å². The van der Waals surface area contributed by atoms with Gasteiger partial charge in [-0.3, -0.25) is 10.1 Å². The molecular weight excluding hydrogens is 253 g/mol. The number of hydrogen-bond donors (Lipinski definition) is 2. The molecule has 0 bridgehead atoms. The van der Waals surface area contributed by atoms with Crippen molar-refractivity contribution in [2.45, 2.75) is 0 Å². The average molecular weight is 263 g/mol. The number of aliphatic hydroxyl groups excluding tert-OH is 2. The average Bonchev–Trinajstić information content (AvgIpc) is 2.29. The Balaban J connectivity index is 2.83. The van der Waals surface area contributed by atoms with Crippen LogP contribution in [0, 0.1) is 10.1 Å². The van der Waals surface area contributed by atoms with Crippen LogP contribution < -0.4 is 4.52 Å². The van der Waals surface area contributed by atoms with Crippen molar-refractivity contribution in [1.82, 2.24) is 0 Å². The Morgan fingerprint density at radius 3 is 2.19 bits per heavy atom. The van der Waals surface area contributed by atoms with E-state index in [-0.39, 0.29) is 5.69 Å². The quantitative estimate of drug-likeness (QED) is 0.472. The van der Waals surface area contributed by atoms with Gasteiger partial charge in [-0.1, -0.05) is 0 Å². The van der Waals surface area contributed by atoms with Gasteiger partial charge in [-0.05, 0) is 23.9 Å². The molecule has 16 heavy (non-hydrogen) atoms. The Kier molecular flexibility index (Phi) is 4.37. The van der Waals surface area contributed by atoms with Gasteiger partial charge < -0.3 is 14.7 Å². The summed E-state index contributed by atoms with van der Waals surface area (Å²) in [7, 11) is 0. The first kappa shape index (κ1) is 13.1. The third-order valence-electron chi connectivity index (χ3n) is 1.75. The van der Waals surface area contributed by atoms with Gasteiger partial charge in [0.1, 0.15) is 18.4 Å².